The number of amides is 1. The lowest BCUT2D eigenvalue weighted by molar-refractivity contribution is 0.102. The Morgan fingerprint density at radius 2 is 1.79 bits per heavy atom. The number of nitrogens with one attached hydrogen (secondary N) is 1. The summed E-state index contributed by atoms with van der Waals surface area (Å²) in [5.41, 5.74) is 1.45. The molecule has 7 nitrogen and oxygen atoms in total. The van der Waals surface area contributed by atoms with Crippen molar-refractivity contribution in [2.24, 2.45) is 0 Å². The number of carbonyl (C=O) groups is 1. The largest absolute Gasteiger partial charge is 0.322 e. The van der Waals surface area contributed by atoms with Crippen LogP contribution in [-0.4, -0.2) is 35.3 Å². The predicted molar refractivity (Wildman–Crippen MR) is 88.9 cm³/mol. The number of carbonyl (C=O) groups excluding carboxylic acids is 1. The van der Waals surface area contributed by atoms with Crippen LogP contribution in [0.4, 0.5) is 5.69 Å². The highest BCUT2D eigenvalue weighted by Gasteiger charge is 2.18. The fourth-order valence-corrected chi connectivity index (χ4v) is 3.10. The Labute approximate surface area is 138 Å². The molecule has 0 aliphatic carbocycles. The van der Waals surface area contributed by atoms with Gasteiger partial charge in [-0.05, 0) is 36.4 Å². The van der Waals surface area contributed by atoms with Crippen LogP contribution in [0.1, 0.15) is 10.4 Å². The van der Waals surface area contributed by atoms with E-state index in [1.807, 2.05) is 0 Å². The van der Waals surface area contributed by atoms with E-state index in [0.717, 1.165) is 11.9 Å². The highest BCUT2D eigenvalue weighted by atomic mass is 32.2. The SMILES string of the molecule is CS(=O)(=O)c1ccccc1C(=O)Nc1ccc(-n2cncn2)cc1. The lowest BCUT2D eigenvalue weighted by Crippen LogP contribution is -2.16. The van der Waals surface area contributed by atoms with E-state index in [1.54, 1.807) is 47.4 Å². The van der Waals surface area contributed by atoms with Crippen LogP contribution in [0.5, 0.6) is 0 Å². The van der Waals surface area contributed by atoms with Crippen LogP contribution in [-0.2, 0) is 9.84 Å². The second-order valence-corrected chi connectivity index (χ2v) is 7.09. The van der Waals surface area contributed by atoms with Crippen LogP contribution in [0.2, 0.25) is 0 Å². The molecular weight excluding hydrogens is 328 g/mol. The number of nitrogens with zero attached hydrogens (tertiary/aromatic N) is 3. The molecule has 0 aliphatic rings. The number of sulfone groups is 1. The van der Waals surface area contributed by atoms with Crippen LogP contribution in [0.25, 0.3) is 5.69 Å². The number of benzene rings is 2. The van der Waals surface area contributed by atoms with E-state index in [4.69, 9.17) is 0 Å². The van der Waals surface area contributed by atoms with Crippen molar-refractivity contribution in [1.29, 1.82) is 0 Å². The Kier molecular flexibility index (Phi) is 4.13. The summed E-state index contributed by atoms with van der Waals surface area (Å²) in [6.07, 6.45) is 4.07. The highest BCUT2D eigenvalue weighted by molar-refractivity contribution is 7.90. The molecule has 8 heteroatoms. The van der Waals surface area contributed by atoms with Crippen LogP contribution in [0.3, 0.4) is 0 Å². The summed E-state index contributed by atoms with van der Waals surface area (Å²) in [4.78, 5) is 16.3. The molecule has 1 amide bonds. The summed E-state index contributed by atoms with van der Waals surface area (Å²) < 4.78 is 25.2. The minimum atomic E-state index is -3.49. The zero-order valence-corrected chi connectivity index (χ0v) is 13.6. The van der Waals surface area contributed by atoms with E-state index in [2.05, 4.69) is 15.4 Å². The van der Waals surface area contributed by atoms with E-state index < -0.39 is 15.7 Å². The lowest BCUT2D eigenvalue weighted by Gasteiger charge is -2.09. The van der Waals surface area contributed by atoms with Gasteiger partial charge >= 0.3 is 0 Å². The Morgan fingerprint density at radius 1 is 1.08 bits per heavy atom. The van der Waals surface area contributed by atoms with Gasteiger partial charge in [-0.2, -0.15) is 5.10 Å². The second-order valence-electron chi connectivity index (χ2n) is 5.11. The van der Waals surface area contributed by atoms with Crippen molar-refractivity contribution in [2.45, 2.75) is 4.90 Å². The normalized spacial score (nSPS) is 11.2. The topological polar surface area (TPSA) is 94.0 Å². The molecule has 2 aromatic carbocycles. The first-order valence-electron chi connectivity index (χ1n) is 7.00. The Morgan fingerprint density at radius 3 is 2.42 bits per heavy atom. The van der Waals surface area contributed by atoms with Gasteiger partial charge in [0.2, 0.25) is 0 Å². The zero-order chi connectivity index (χ0) is 17.2. The Balaban J connectivity index is 1.83. The van der Waals surface area contributed by atoms with Crippen LogP contribution >= 0.6 is 0 Å². The first-order chi connectivity index (χ1) is 11.4. The molecule has 3 aromatic rings. The van der Waals surface area contributed by atoms with Crippen molar-refractivity contribution in [3.05, 3.63) is 66.7 Å². The summed E-state index contributed by atoms with van der Waals surface area (Å²) in [6.45, 7) is 0. The second kappa shape index (κ2) is 6.25. The van der Waals surface area contributed by atoms with E-state index in [1.165, 1.54) is 18.5 Å². The van der Waals surface area contributed by atoms with E-state index in [-0.39, 0.29) is 10.5 Å². The molecule has 0 aliphatic heterocycles. The van der Waals surface area contributed by atoms with Crippen molar-refractivity contribution in [1.82, 2.24) is 14.8 Å². The lowest BCUT2D eigenvalue weighted by atomic mass is 10.2. The van der Waals surface area contributed by atoms with Crippen molar-refractivity contribution in [2.75, 3.05) is 11.6 Å². The summed E-state index contributed by atoms with van der Waals surface area (Å²) in [6, 6.07) is 13.1. The molecule has 0 saturated carbocycles. The number of hydrogen-bond donors (Lipinski definition) is 1. The van der Waals surface area contributed by atoms with Gasteiger partial charge in [0.1, 0.15) is 12.7 Å². The fraction of sp³-hybridized carbons (Fsp3) is 0.0625. The highest BCUT2D eigenvalue weighted by Crippen LogP contribution is 2.18. The fourth-order valence-electron chi connectivity index (χ4n) is 2.22. The smallest absolute Gasteiger partial charge is 0.256 e. The third-order valence-corrected chi connectivity index (χ3v) is 4.49. The average Bonchev–Trinajstić information content (AvgIpc) is 3.09. The summed E-state index contributed by atoms with van der Waals surface area (Å²) >= 11 is 0. The summed E-state index contributed by atoms with van der Waals surface area (Å²) in [5.74, 6) is -0.482. The van der Waals surface area contributed by atoms with Gasteiger partial charge in [0, 0.05) is 11.9 Å². The quantitative estimate of drug-likeness (QED) is 0.782. The molecule has 122 valence electrons. The van der Waals surface area contributed by atoms with Crippen LogP contribution < -0.4 is 5.32 Å². The minimum Gasteiger partial charge on any atom is -0.322 e. The maximum absolute atomic E-state index is 12.4. The number of hydrogen-bond acceptors (Lipinski definition) is 5. The first kappa shape index (κ1) is 15.9. The third kappa shape index (κ3) is 3.33. The van der Waals surface area contributed by atoms with Gasteiger partial charge in [-0.25, -0.2) is 18.1 Å². The minimum absolute atomic E-state index is 0.00161. The molecule has 1 aromatic heterocycles. The maximum atomic E-state index is 12.4. The van der Waals surface area contributed by atoms with Gasteiger partial charge in [0.25, 0.3) is 5.91 Å². The van der Waals surface area contributed by atoms with Gasteiger partial charge < -0.3 is 5.32 Å². The number of aromatic nitrogens is 3. The van der Waals surface area contributed by atoms with Crippen molar-refractivity contribution >= 4 is 21.4 Å². The average molecular weight is 342 g/mol. The first-order valence-corrected chi connectivity index (χ1v) is 8.90. The van der Waals surface area contributed by atoms with E-state index in [9.17, 15) is 13.2 Å². The Hall–Kier alpha value is -3.00. The third-order valence-electron chi connectivity index (χ3n) is 3.34. The van der Waals surface area contributed by atoms with E-state index >= 15 is 0 Å². The molecule has 24 heavy (non-hydrogen) atoms. The zero-order valence-electron chi connectivity index (χ0n) is 12.7. The molecule has 0 spiro atoms. The number of rotatable bonds is 4. The predicted octanol–water partition coefficient (Wildman–Crippen LogP) is 1.92. The molecule has 0 saturated heterocycles. The standard InChI is InChI=1S/C16H14N4O3S/c1-24(22,23)15-5-3-2-4-14(15)16(21)19-12-6-8-13(9-7-12)20-11-17-10-18-20/h2-11H,1H3,(H,19,21). The van der Waals surface area contributed by atoms with Gasteiger partial charge in [-0.1, -0.05) is 12.1 Å². The van der Waals surface area contributed by atoms with Gasteiger partial charge in [0.05, 0.1) is 16.1 Å². The maximum Gasteiger partial charge on any atom is 0.256 e. The molecule has 1 heterocycles. The molecule has 0 bridgehead atoms. The molecule has 0 atom stereocenters. The van der Waals surface area contributed by atoms with Gasteiger partial charge in [-0.3, -0.25) is 4.79 Å². The van der Waals surface area contributed by atoms with Gasteiger partial charge in [0.15, 0.2) is 9.84 Å². The molecule has 3 rings (SSSR count). The monoisotopic (exact) mass is 342 g/mol. The molecule has 0 fully saturated rings. The molecule has 1 N–H and O–H groups in total. The van der Waals surface area contributed by atoms with Crippen molar-refractivity contribution in [3.63, 3.8) is 0 Å². The number of anilines is 1. The van der Waals surface area contributed by atoms with Crippen LogP contribution in [0, 0.1) is 0 Å². The summed E-state index contributed by atoms with van der Waals surface area (Å²) in [5, 5.41) is 6.71. The van der Waals surface area contributed by atoms with Crippen LogP contribution in [0.15, 0.2) is 66.1 Å². The van der Waals surface area contributed by atoms with Crippen molar-refractivity contribution < 1.29 is 13.2 Å². The molecular formula is C16H14N4O3S. The molecule has 0 unspecified atom stereocenters. The van der Waals surface area contributed by atoms with E-state index in [0.29, 0.717) is 5.69 Å². The Bertz CT molecular complexity index is 965. The molecule has 0 radical (unpaired) electrons. The van der Waals surface area contributed by atoms with Crippen molar-refractivity contribution in [3.8, 4) is 5.69 Å². The summed E-state index contributed by atoms with van der Waals surface area (Å²) in [7, 11) is -3.49. The van der Waals surface area contributed by atoms with Gasteiger partial charge in [-0.15, -0.1) is 0 Å².